The van der Waals surface area contributed by atoms with Crippen molar-refractivity contribution in [2.75, 3.05) is 0 Å². The first-order chi connectivity index (χ1) is 8.50. The molecule has 0 bridgehead atoms. The molecule has 0 radical (unpaired) electrons. The zero-order chi connectivity index (χ0) is 14.8. The van der Waals surface area contributed by atoms with Gasteiger partial charge in [0.2, 0.25) is 5.76 Å². The molecule has 1 aromatic rings. The molecule has 1 aromatic heterocycles. The minimum Gasteiger partial charge on any atom is -0.475 e. The highest BCUT2D eigenvalue weighted by Crippen LogP contribution is 2.27. The molecule has 4 nitrogen and oxygen atoms in total. The Bertz CT molecular complexity index is 452. The van der Waals surface area contributed by atoms with Crippen LogP contribution in [0.25, 0.3) is 0 Å². The van der Waals surface area contributed by atoms with Crippen molar-refractivity contribution in [1.82, 2.24) is 5.32 Å². The van der Waals surface area contributed by atoms with E-state index in [1.54, 1.807) is 13.0 Å². The van der Waals surface area contributed by atoms with Gasteiger partial charge in [-0.3, -0.25) is 0 Å². The third kappa shape index (κ3) is 5.07. The van der Waals surface area contributed by atoms with Crippen LogP contribution >= 0.6 is 0 Å². The van der Waals surface area contributed by atoms with E-state index in [0.717, 1.165) is 6.42 Å². The first-order valence-corrected chi connectivity index (χ1v) is 6.58. The quantitative estimate of drug-likeness (QED) is 0.855. The Balaban J connectivity index is 2.66. The van der Waals surface area contributed by atoms with Crippen molar-refractivity contribution >= 4 is 5.97 Å². The number of furan rings is 1. The van der Waals surface area contributed by atoms with Crippen LogP contribution in [0.3, 0.4) is 0 Å². The van der Waals surface area contributed by atoms with Crippen molar-refractivity contribution in [3.63, 3.8) is 0 Å². The molecule has 108 valence electrons. The molecule has 0 unspecified atom stereocenters. The van der Waals surface area contributed by atoms with Gasteiger partial charge < -0.3 is 14.8 Å². The third-order valence-electron chi connectivity index (χ3n) is 2.88. The van der Waals surface area contributed by atoms with Gasteiger partial charge in [-0.15, -0.1) is 0 Å². The zero-order valence-corrected chi connectivity index (χ0v) is 12.8. The van der Waals surface area contributed by atoms with E-state index in [2.05, 4.69) is 39.9 Å². The van der Waals surface area contributed by atoms with Gasteiger partial charge in [0.05, 0.1) is 6.54 Å². The summed E-state index contributed by atoms with van der Waals surface area (Å²) in [5.74, 6) is -0.319. The SMILES string of the molecule is Cc1cc(CNC(C)(C)CC(C)(C)C)oc1C(=O)O. The zero-order valence-electron chi connectivity index (χ0n) is 12.8. The molecule has 1 rings (SSSR count). The summed E-state index contributed by atoms with van der Waals surface area (Å²) in [6.45, 7) is 13.2. The summed E-state index contributed by atoms with van der Waals surface area (Å²) in [6, 6.07) is 1.78. The Morgan fingerprint density at radius 2 is 1.89 bits per heavy atom. The van der Waals surface area contributed by atoms with E-state index >= 15 is 0 Å². The van der Waals surface area contributed by atoms with E-state index < -0.39 is 5.97 Å². The van der Waals surface area contributed by atoms with Crippen LogP contribution in [0.5, 0.6) is 0 Å². The molecule has 0 spiro atoms. The van der Waals surface area contributed by atoms with Gasteiger partial charge in [-0.1, -0.05) is 20.8 Å². The predicted molar refractivity (Wildman–Crippen MR) is 75.4 cm³/mol. The molecule has 0 amide bonds. The Kier molecular flexibility index (Phi) is 4.46. The van der Waals surface area contributed by atoms with Gasteiger partial charge in [0, 0.05) is 11.1 Å². The van der Waals surface area contributed by atoms with Gasteiger partial charge in [0.25, 0.3) is 0 Å². The fraction of sp³-hybridized carbons (Fsp3) is 0.667. The van der Waals surface area contributed by atoms with Gasteiger partial charge >= 0.3 is 5.97 Å². The Morgan fingerprint density at radius 1 is 1.32 bits per heavy atom. The molecule has 0 saturated carbocycles. The van der Waals surface area contributed by atoms with E-state index in [0.29, 0.717) is 17.9 Å². The number of rotatable bonds is 5. The van der Waals surface area contributed by atoms with Crippen LogP contribution in [0.1, 0.15) is 62.9 Å². The minimum absolute atomic E-state index is 0.0255. The van der Waals surface area contributed by atoms with Crippen LogP contribution in [-0.2, 0) is 6.54 Å². The minimum atomic E-state index is -1.02. The van der Waals surface area contributed by atoms with Crippen molar-refractivity contribution in [2.24, 2.45) is 5.41 Å². The Morgan fingerprint density at radius 3 is 2.32 bits per heavy atom. The summed E-state index contributed by atoms with van der Waals surface area (Å²) in [6.07, 6.45) is 1.02. The number of aromatic carboxylic acids is 1. The molecular weight excluding hydrogens is 242 g/mol. The number of hydrogen-bond acceptors (Lipinski definition) is 3. The number of aryl methyl sites for hydroxylation is 1. The van der Waals surface area contributed by atoms with Crippen molar-refractivity contribution in [3.05, 3.63) is 23.2 Å². The lowest BCUT2D eigenvalue weighted by Crippen LogP contribution is -2.41. The molecule has 2 N–H and O–H groups in total. The number of hydrogen-bond donors (Lipinski definition) is 2. The fourth-order valence-electron chi connectivity index (χ4n) is 2.56. The molecule has 0 aromatic carbocycles. The van der Waals surface area contributed by atoms with Crippen LogP contribution in [0.2, 0.25) is 0 Å². The van der Waals surface area contributed by atoms with Gasteiger partial charge in [0.1, 0.15) is 5.76 Å². The molecule has 0 aliphatic heterocycles. The third-order valence-corrected chi connectivity index (χ3v) is 2.88. The van der Waals surface area contributed by atoms with E-state index in [4.69, 9.17) is 9.52 Å². The maximum absolute atomic E-state index is 10.9. The van der Waals surface area contributed by atoms with Crippen molar-refractivity contribution in [2.45, 2.75) is 60.0 Å². The van der Waals surface area contributed by atoms with Gasteiger partial charge in [-0.05, 0) is 38.7 Å². The van der Waals surface area contributed by atoms with Crippen LogP contribution in [0.15, 0.2) is 10.5 Å². The number of nitrogens with one attached hydrogen (secondary N) is 1. The summed E-state index contributed by atoms with van der Waals surface area (Å²) in [7, 11) is 0. The van der Waals surface area contributed by atoms with Crippen LogP contribution in [0.4, 0.5) is 0 Å². The molecule has 0 atom stereocenters. The molecule has 4 heteroatoms. The molecular formula is C15H25NO3. The molecule has 0 aliphatic carbocycles. The second kappa shape index (κ2) is 5.37. The van der Waals surface area contributed by atoms with Crippen molar-refractivity contribution in [3.8, 4) is 0 Å². The number of carbonyl (C=O) groups is 1. The highest BCUT2D eigenvalue weighted by Gasteiger charge is 2.25. The van der Waals surface area contributed by atoms with Crippen molar-refractivity contribution < 1.29 is 14.3 Å². The fourth-order valence-corrected chi connectivity index (χ4v) is 2.56. The van der Waals surface area contributed by atoms with Crippen molar-refractivity contribution in [1.29, 1.82) is 0 Å². The van der Waals surface area contributed by atoms with Gasteiger partial charge in [-0.25, -0.2) is 4.79 Å². The summed E-state index contributed by atoms with van der Waals surface area (Å²) >= 11 is 0. The van der Waals surface area contributed by atoms with Gasteiger partial charge in [0.15, 0.2) is 0 Å². The smallest absolute Gasteiger partial charge is 0.372 e. The van der Waals surface area contributed by atoms with Gasteiger partial charge in [-0.2, -0.15) is 0 Å². The van der Waals surface area contributed by atoms with E-state index in [-0.39, 0.29) is 16.7 Å². The summed E-state index contributed by atoms with van der Waals surface area (Å²) in [5.41, 5.74) is 0.877. The first-order valence-electron chi connectivity index (χ1n) is 6.58. The lowest BCUT2D eigenvalue weighted by molar-refractivity contribution is 0.0659. The normalized spacial score (nSPS) is 12.7. The number of carboxylic acids is 1. The maximum Gasteiger partial charge on any atom is 0.372 e. The molecule has 19 heavy (non-hydrogen) atoms. The molecule has 1 heterocycles. The van der Waals surface area contributed by atoms with Crippen LogP contribution in [-0.4, -0.2) is 16.6 Å². The van der Waals surface area contributed by atoms with E-state index in [1.807, 2.05) is 0 Å². The second-order valence-electron chi connectivity index (χ2n) is 7.00. The Hall–Kier alpha value is -1.29. The van der Waals surface area contributed by atoms with E-state index in [1.165, 1.54) is 0 Å². The van der Waals surface area contributed by atoms with Crippen LogP contribution in [0, 0.1) is 12.3 Å². The maximum atomic E-state index is 10.9. The average Bonchev–Trinajstić information content (AvgIpc) is 2.53. The first kappa shape index (κ1) is 15.8. The predicted octanol–water partition coefficient (Wildman–Crippen LogP) is 3.59. The summed E-state index contributed by atoms with van der Waals surface area (Å²) < 4.78 is 5.34. The molecule has 0 fully saturated rings. The second-order valence-corrected chi connectivity index (χ2v) is 7.00. The lowest BCUT2D eigenvalue weighted by atomic mass is 9.82. The lowest BCUT2D eigenvalue weighted by Gasteiger charge is -2.33. The monoisotopic (exact) mass is 267 g/mol. The summed E-state index contributed by atoms with van der Waals surface area (Å²) in [4.78, 5) is 10.9. The summed E-state index contributed by atoms with van der Waals surface area (Å²) in [5, 5.41) is 12.4. The number of carboxylic acid groups (broad SMARTS) is 1. The highest BCUT2D eigenvalue weighted by atomic mass is 16.4. The molecule has 0 aliphatic rings. The topological polar surface area (TPSA) is 62.5 Å². The van der Waals surface area contributed by atoms with E-state index in [9.17, 15) is 4.79 Å². The standard InChI is InChI=1S/C15H25NO3/c1-10-7-11(19-12(10)13(17)18)8-16-15(5,6)9-14(2,3)4/h7,16H,8-9H2,1-6H3,(H,17,18). The largest absolute Gasteiger partial charge is 0.475 e. The average molecular weight is 267 g/mol. The Labute approximate surface area is 115 Å². The van der Waals surface area contributed by atoms with Crippen LogP contribution < -0.4 is 5.32 Å². The molecule has 0 saturated heterocycles. The highest BCUT2D eigenvalue weighted by molar-refractivity contribution is 5.86.